The summed E-state index contributed by atoms with van der Waals surface area (Å²) in [4.78, 5) is 12.7. The average Bonchev–Trinajstić information content (AvgIpc) is 2.84. The Bertz CT molecular complexity index is 436. The van der Waals surface area contributed by atoms with Crippen LogP contribution in [0, 0.1) is 13.8 Å². The maximum absolute atomic E-state index is 12.7. The molecule has 0 atom stereocenters. The van der Waals surface area contributed by atoms with E-state index in [2.05, 4.69) is 26.0 Å². The van der Waals surface area contributed by atoms with Gasteiger partial charge in [-0.1, -0.05) is 18.2 Å². The van der Waals surface area contributed by atoms with Gasteiger partial charge in [0.2, 0.25) is 0 Å². The van der Waals surface area contributed by atoms with E-state index in [9.17, 15) is 4.79 Å². The van der Waals surface area contributed by atoms with E-state index in [-0.39, 0.29) is 5.78 Å². The molecule has 0 N–H and O–H groups in total. The summed E-state index contributed by atoms with van der Waals surface area (Å²) >= 11 is 0. The van der Waals surface area contributed by atoms with Gasteiger partial charge in [0.1, 0.15) is 5.60 Å². The van der Waals surface area contributed by atoms with Crippen molar-refractivity contribution in [3.05, 3.63) is 34.9 Å². The van der Waals surface area contributed by atoms with Gasteiger partial charge in [0.25, 0.3) is 0 Å². The molecule has 1 aromatic rings. The number of ether oxygens (including phenoxy) is 1. The predicted molar refractivity (Wildman–Crippen MR) is 77.5 cm³/mol. The third kappa shape index (κ3) is 2.89. The van der Waals surface area contributed by atoms with Crippen molar-refractivity contribution < 1.29 is 9.53 Å². The summed E-state index contributed by atoms with van der Waals surface area (Å²) in [6.45, 7) is 6.76. The standard InChI is InChI=1S/C17H24O2/c1-4-19-17(10-5-6-11-17)16(18)12-15-13(2)8-7-9-14(15)3/h7-9H,4-6,10-12H2,1-3H3. The quantitative estimate of drug-likeness (QED) is 0.805. The van der Waals surface area contributed by atoms with E-state index in [0.717, 1.165) is 25.7 Å². The third-order valence-corrected chi connectivity index (χ3v) is 4.32. The van der Waals surface area contributed by atoms with Crippen LogP contribution in [0.25, 0.3) is 0 Å². The first-order valence-electron chi connectivity index (χ1n) is 7.31. The highest BCUT2D eigenvalue weighted by molar-refractivity contribution is 5.90. The number of rotatable bonds is 5. The molecule has 1 aliphatic rings. The Labute approximate surface area is 116 Å². The molecule has 19 heavy (non-hydrogen) atoms. The highest BCUT2D eigenvalue weighted by Gasteiger charge is 2.41. The topological polar surface area (TPSA) is 26.3 Å². The van der Waals surface area contributed by atoms with Gasteiger partial charge in [-0.25, -0.2) is 0 Å². The molecule has 1 fully saturated rings. The minimum atomic E-state index is -0.497. The van der Waals surface area contributed by atoms with Crippen molar-refractivity contribution in [1.29, 1.82) is 0 Å². The molecule has 0 unspecified atom stereocenters. The summed E-state index contributed by atoms with van der Waals surface area (Å²) in [5.41, 5.74) is 3.10. The Morgan fingerprint density at radius 2 is 1.79 bits per heavy atom. The highest BCUT2D eigenvalue weighted by atomic mass is 16.5. The Kier molecular flexibility index (Phi) is 4.41. The van der Waals surface area contributed by atoms with Crippen LogP contribution in [0.1, 0.15) is 49.3 Å². The number of ketones is 1. The SMILES string of the molecule is CCOC1(C(=O)Cc2c(C)cccc2C)CCCC1. The molecule has 2 rings (SSSR count). The average molecular weight is 260 g/mol. The Morgan fingerprint density at radius 3 is 2.32 bits per heavy atom. The van der Waals surface area contributed by atoms with Crippen molar-refractivity contribution >= 4 is 5.78 Å². The lowest BCUT2D eigenvalue weighted by Crippen LogP contribution is -2.40. The zero-order valence-corrected chi connectivity index (χ0v) is 12.3. The normalized spacial score (nSPS) is 17.6. The van der Waals surface area contributed by atoms with Crippen LogP contribution in [0.4, 0.5) is 0 Å². The Balaban J connectivity index is 2.20. The number of aryl methyl sites for hydroxylation is 2. The molecule has 104 valence electrons. The van der Waals surface area contributed by atoms with E-state index in [1.807, 2.05) is 13.0 Å². The molecule has 0 aliphatic heterocycles. The number of hydrogen-bond donors (Lipinski definition) is 0. The number of hydrogen-bond acceptors (Lipinski definition) is 2. The summed E-state index contributed by atoms with van der Waals surface area (Å²) in [6, 6.07) is 6.21. The second kappa shape index (κ2) is 5.87. The van der Waals surface area contributed by atoms with Crippen LogP contribution < -0.4 is 0 Å². The van der Waals surface area contributed by atoms with Crippen LogP contribution in [0.5, 0.6) is 0 Å². The molecular weight excluding hydrogens is 236 g/mol. The predicted octanol–water partition coefficient (Wildman–Crippen LogP) is 3.76. The van der Waals surface area contributed by atoms with Crippen molar-refractivity contribution in [2.75, 3.05) is 6.61 Å². The van der Waals surface area contributed by atoms with Crippen LogP contribution >= 0.6 is 0 Å². The summed E-state index contributed by atoms with van der Waals surface area (Å²) < 4.78 is 5.85. The number of benzene rings is 1. The fourth-order valence-electron chi connectivity index (χ4n) is 3.18. The van der Waals surface area contributed by atoms with Crippen LogP contribution in [0.2, 0.25) is 0 Å². The molecule has 0 aromatic heterocycles. The highest BCUT2D eigenvalue weighted by Crippen LogP contribution is 2.35. The van der Waals surface area contributed by atoms with Crippen molar-refractivity contribution in [3.63, 3.8) is 0 Å². The molecule has 0 heterocycles. The lowest BCUT2D eigenvalue weighted by Gasteiger charge is -2.28. The van der Waals surface area contributed by atoms with E-state index < -0.39 is 5.60 Å². The van der Waals surface area contributed by atoms with Gasteiger partial charge >= 0.3 is 0 Å². The summed E-state index contributed by atoms with van der Waals surface area (Å²) in [5, 5.41) is 0. The van der Waals surface area contributed by atoms with Gasteiger partial charge < -0.3 is 4.74 Å². The summed E-state index contributed by atoms with van der Waals surface area (Å²) in [5.74, 6) is 0.268. The van der Waals surface area contributed by atoms with Gasteiger partial charge in [0.05, 0.1) is 0 Å². The lowest BCUT2D eigenvalue weighted by atomic mass is 9.88. The molecule has 2 nitrogen and oxygen atoms in total. The summed E-state index contributed by atoms with van der Waals surface area (Å²) in [6.07, 6.45) is 4.52. The largest absolute Gasteiger partial charge is 0.367 e. The molecule has 0 radical (unpaired) electrons. The number of Topliss-reactive ketones (excluding diaryl/α,β-unsaturated/α-hetero) is 1. The number of carbonyl (C=O) groups excluding carboxylic acids is 1. The second-order valence-corrected chi connectivity index (χ2v) is 5.60. The monoisotopic (exact) mass is 260 g/mol. The maximum atomic E-state index is 12.7. The molecule has 1 saturated carbocycles. The fourth-order valence-corrected chi connectivity index (χ4v) is 3.18. The Hall–Kier alpha value is -1.15. The smallest absolute Gasteiger partial charge is 0.168 e. The van der Waals surface area contributed by atoms with E-state index in [4.69, 9.17) is 4.74 Å². The lowest BCUT2D eigenvalue weighted by molar-refractivity contribution is -0.142. The first-order valence-corrected chi connectivity index (χ1v) is 7.31. The zero-order chi connectivity index (χ0) is 13.9. The molecule has 0 amide bonds. The van der Waals surface area contributed by atoms with Crippen LogP contribution in [0.3, 0.4) is 0 Å². The fraction of sp³-hybridized carbons (Fsp3) is 0.588. The second-order valence-electron chi connectivity index (χ2n) is 5.60. The third-order valence-electron chi connectivity index (χ3n) is 4.32. The van der Waals surface area contributed by atoms with Crippen molar-refractivity contribution in [2.24, 2.45) is 0 Å². The van der Waals surface area contributed by atoms with E-state index in [1.54, 1.807) is 0 Å². The van der Waals surface area contributed by atoms with Gasteiger partial charge in [-0.15, -0.1) is 0 Å². The molecule has 2 heteroatoms. The molecule has 1 aliphatic carbocycles. The van der Waals surface area contributed by atoms with Crippen LogP contribution in [0.15, 0.2) is 18.2 Å². The van der Waals surface area contributed by atoms with Gasteiger partial charge in [-0.2, -0.15) is 0 Å². The van der Waals surface area contributed by atoms with Gasteiger partial charge in [-0.05, 0) is 63.1 Å². The van der Waals surface area contributed by atoms with E-state index in [1.165, 1.54) is 16.7 Å². The van der Waals surface area contributed by atoms with E-state index in [0.29, 0.717) is 13.0 Å². The van der Waals surface area contributed by atoms with Crippen molar-refractivity contribution in [2.45, 2.75) is 58.5 Å². The van der Waals surface area contributed by atoms with Gasteiger partial charge in [0.15, 0.2) is 5.78 Å². The first kappa shape index (κ1) is 14.3. The minimum absolute atomic E-state index is 0.268. The minimum Gasteiger partial charge on any atom is -0.367 e. The maximum Gasteiger partial charge on any atom is 0.168 e. The molecular formula is C17H24O2. The zero-order valence-electron chi connectivity index (χ0n) is 12.3. The summed E-state index contributed by atoms with van der Waals surface area (Å²) in [7, 11) is 0. The van der Waals surface area contributed by atoms with Crippen LogP contribution in [-0.4, -0.2) is 18.0 Å². The molecule has 0 saturated heterocycles. The van der Waals surface area contributed by atoms with Crippen molar-refractivity contribution in [3.8, 4) is 0 Å². The van der Waals surface area contributed by atoms with E-state index >= 15 is 0 Å². The first-order chi connectivity index (χ1) is 9.09. The number of carbonyl (C=O) groups is 1. The molecule has 0 bridgehead atoms. The molecule has 0 spiro atoms. The molecule has 1 aromatic carbocycles. The van der Waals surface area contributed by atoms with Crippen LogP contribution in [-0.2, 0) is 16.0 Å². The van der Waals surface area contributed by atoms with Gasteiger partial charge in [-0.3, -0.25) is 4.79 Å². The van der Waals surface area contributed by atoms with Crippen molar-refractivity contribution in [1.82, 2.24) is 0 Å². The van der Waals surface area contributed by atoms with Gasteiger partial charge in [0, 0.05) is 13.0 Å². The Morgan fingerprint density at radius 1 is 1.21 bits per heavy atom.